The van der Waals surface area contributed by atoms with Gasteiger partial charge in [0.1, 0.15) is 6.10 Å². The Labute approximate surface area is 115 Å². The van der Waals surface area contributed by atoms with Crippen LogP contribution < -0.4 is 14.8 Å². The van der Waals surface area contributed by atoms with E-state index in [1.54, 1.807) is 7.11 Å². The fourth-order valence-corrected chi connectivity index (χ4v) is 2.20. The monoisotopic (exact) mass is 265 g/mol. The molecule has 0 aliphatic carbocycles. The molecule has 0 bridgehead atoms. The molecule has 0 radical (unpaired) electrons. The minimum Gasteiger partial charge on any atom is -0.493 e. The molecule has 1 heterocycles. The highest BCUT2D eigenvalue weighted by Gasteiger charge is 2.18. The van der Waals surface area contributed by atoms with Gasteiger partial charge in [0.05, 0.1) is 13.7 Å². The average molecular weight is 265 g/mol. The lowest BCUT2D eigenvalue weighted by atomic mass is 10.1. The van der Waals surface area contributed by atoms with E-state index in [9.17, 15) is 0 Å². The van der Waals surface area contributed by atoms with E-state index >= 15 is 0 Å². The molecule has 4 heteroatoms. The van der Waals surface area contributed by atoms with Crippen molar-refractivity contribution in [1.29, 1.82) is 0 Å². The molecule has 19 heavy (non-hydrogen) atoms. The van der Waals surface area contributed by atoms with E-state index in [1.165, 1.54) is 5.56 Å². The summed E-state index contributed by atoms with van der Waals surface area (Å²) in [6, 6.07) is 6.38. The molecule has 1 aromatic rings. The van der Waals surface area contributed by atoms with Gasteiger partial charge in [0.25, 0.3) is 0 Å². The van der Waals surface area contributed by atoms with E-state index in [4.69, 9.17) is 14.2 Å². The molecule has 0 amide bonds. The number of nitrogens with one attached hydrogen (secondary N) is 1. The third kappa shape index (κ3) is 3.61. The quantitative estimate of drug-likeness (QED) is 0.888. The number of hydrogen-bond donors (Lipinski definition) is 1. The number of benzene rings is 1. The molecule has 1 N–H and O–H groups in total. The molecule has 1 aromatic carbocycles. The first-order valence-electron chi connectivity index (χ1n) is 6.84. The molecular weight excluding hydrogens is 242 g/mol. The van der Waals surface area contributed by atoms with Gasteiger partial charge in [-0.1, -0.05) is 6.07 Å². The molecule has 2 unspecified atom stereocenters. The molecule has 106 valence electrons. The van der Waals surface area contributed by atoms with Crippen molar-refractivity contribution in [2.75, 3.05) is 27.4 Å². The second kappa shape index (κ2) is 6.78. The van der Waals surface area contributed by atoms with Crippen LogP contribution in [0.1, 0.15) is 31.4 Å². The van der Waals surface area contributed by atoms with Gasteiger partial charge in [0, 0.05) is 12.6 Å². The highest BCUT2D eigenvalue weighted by atomic mass is 16.5. The predicted molar refractivity (Wildman–Crippen MR) is 74.9 cm³/mol. The van der Waals surface area contributed by atoms with Crippen molar-refractivity contribution in [3.8, 4) is 11.5 Å². The molecule has 2 rings (SSSR count). The SMILES string of the molecule is CNC(C)c1ccc(OC2CCCOC2)c(OC)c1. The first-order valence-corrected chi connectivity index (χ1v) is 6.84. The van der Waals surface area contributed by atoms with Crippen LogP contribution in [-0.2, 0) is 4.74 Å². The smallest absolute Gasteiger partial charge is 0.161 e. The summed E-state index contributed by atoms with van der Waals surface area (Å²) >= 11 is 0. The van der Waals surface area contributed by atoms with Gasteiger partial charge in [-0.15, -0.1) is 0 Å². The molecule has 1 aliphatic heterocycles. The van der Waals surface area contributed by atoms with E-state index in [1.807, 2.05) is 19.2 Å². The summed E-state index contributed by atoms with van der Waals surface area (Å²) in [5.74, 6) is 1.58. The van der Waals surface area contributed by atoms with Crippen LogP contribution in [0.4, 0.5) is 0 Å². The zero-order valence-electron chi connectivity index (χ0n) is 11.9. The lowest BCUT2D eigenvalue weighted by molar-refractivity contribution is 0.00643. The van der Waals surface area contributed by atoms with Crippen LogP contribution in [-0.4, -0.2) is 33.5 Å². The van der Waals surface area contributed by atoms with Crippen molar-refractivity contribution in [3.63, 3.8) is 0 Å². The van der Waals surface area contributed by atoms with Crippen LogP contribution in [0.15, 0.2) is 18.2 Å². The second-order valence-corrected chi connectivity index (χ2v) is 4.88. The van der Waals surface area contributed by atoms with Gasteiger partial charge in [-0.25, -0.2) is 0 Å². The Morgan fingerprint density at radius 1 is 1.37 bits per heavy atom. The van der Waals surface area contributed by atoms with E-state index < -0.39 is 0 Å². The Hall–Kier alpha value is -1.26. The van der Waals surface area contributed by atoms with Gasteiger partial charge in [-0.2, -0.15) is 0 Å². The maximum absolute atomic E-state index is 5.98. The maximum atomic E-state index is 5.98. The first-order chi connectivity index (χ1) is 9.24. The summed E-state index contributed by atoms with van der Waals surface area (Å²) in [6.45, 7) is 3.62. The third-order valence-electron chi connectivity index (χ3n) is 3.53. The van der Waals surface area contributed by atoms with Gasteiger partial charge < -0.3 is 19.5 Å². The summed E-state index contributed by atoms with van der Waals surface area (Å²) < 4.78 is 16.8. The molecule has 1 fully saturated rings. The molecule has 0 saturated carbocycles. The normalized spacial score (nSPS) is 20.9. The van der Waals surface area contributed by atoms with E-state index in [0.717, 1.165) is 30.9 Å². The summed E-state index contributed by atoms with van der Waals surface area (Å²) in [5, 5.41) is 3.22. The van der Waals surface area contributed by atoms with Crippen LogP contribution in [0.2, 0.25) is 0 Å². The summed E-state index contributed by atoms with van der Waals surface area (Å²) in [6.07, 6.45) is 2.23. The molecule has 4 nitrogen and oxygen atoms in total. The Balaban J connectivity index is 2.11. The van der Waals surface area contributed by atoms with Crippen LogP contribution in [0.3, 0.4) is 0 Å². The number of methoxy groups -OCH3 is 1. The molecule has 0 aromatic heterocycles. The van der Waals surface area contributed by atoms with E-state index in [2.05, 4.69) is 18.3 Å². The highest BCUT2D eigenvalue weighted by molar-refractivity contribution is 5.44. The van der Waals surface area contributed by atoms with Gasteiger partial charge in [0.15, 0.2) is 11.5 Å². The second-order valence-electron chi connectivity index (χ2n) is 4.88. The van der Waals surface area contributed by atoms with Gasteiger partial charge in [-0.05, 0) is 44.5 Å². The standard InChI is InChI=1S/C15H23NO3/c1-11(16-2)12-6-7-14(15(9-12)17-3)19-13-5-4-8-18-10-13/h6-7,9,11,13,16H,4-5,8,10H2,1-3H3. The van der Waals surface area contributed by atoms with Crippen molar-refractivity contribution >= 4 is 0 Å². The Kier molecular flexibility index (Phi) is 5.05. The lowest BCUT2D eigenvalue weighted by Crippen LogP contribution is -2.28. The maximum Gasteiger partial charge on any atom is 0.161 e. The number of rotatable bonds is 5. The molecular formula is C15H23NO3. The Bertz CT molecular complexity index is 402. The molecule has 2 atom stereocenters. The number of ether oxygens (including phenoxy) is 3. The van der Waals surface area contributed by atoms with Crippen molar-refractivity contribution in [2.24, 2.45) is 0 Å². The fourth-order valence-electron chi connectivity index (χ4n) is 2.20. The van der Waals surface area contributed by atoms with Crippen LogP contribution in [0.5, 0.6) is 11.5 Å². The number of hydrogen-bond acceptors (Lipinski definition) is 4. The molecule has 1 aliphatic rings. The van der Waals surface area contributed by atoms with Crippen molar-refractivity contribution < 1.29 is 14.2 Å². The minimum atomic E-state index is 0.134. The Morgan fingerprint density at radius 2 is 2.21 bits per heavy atom. The summed E-state index contributed by atoms with van der Waals surface area (Å²) in [7, 11) is 3.62. The van der Waals surface area contributed by atoms with Crippen LogP contribution in [0, 0.1) is 0 Å². The first kappa shape index (κ1) is 14.2. The highest BCUT2D eigenvalue weighted by Crippen LogP contribution is 2.31. The van der Waals surface area contributed by atoms with Crippen LogP contribution >= 0.6 is 0 Å². The fraction of sp³-hybridized carbons (Fsp3) is 0.600. The Morgan fingerprint density at radius 3 is 2.84 bits per heavy atom. The lowest BCUT2D eigenvalue weighted by Gasteiger charge is -2.24. The van der Waals surface area contributed by atoms with Gasteiger partial charge >= 0.3 is 0 Å². The van der Waals surface area contributed by atoms with Gasteiger partial charge in [-0.3, -0.25) is 0 Å². The molecule has 0 spiro atoms. The van der Waals surface area contributed by atoms with E-state index in [-0.39, 0.29) is 6.10 Å². The zero-order chi connectivity index (χ0) is 13.7. The summed E-state index contributed by atoms with van der Waals surface area (Å²) in [4.78, 5) is 0. The minimum absolute atomic E-state index is 0.134. The largest absolute Gasteiger partial charge is 0.493 e. The van der Waals surface area contributed by atoms with Gasteiger partial charge in [0.2, 0.25) is 0 Å². The average Bonchev–Trinajstić information content (AvgIpc) is 2.48. The zero-order valence-corrected chi connectivity index (χ0v) is 11.9. The van der Waals surface area contributed by atoms with Crippen LogP contribution in [0.25, 0.3) is 0 Å². The van der Waals surface area contributed by atoms with Crippen molar-refractivity contribution in [1.82, 2.24) is 5.32 Å². The summed E-state index contributed by atoms with van der Waals surface area (Å²) in [5.41, 5.74) is 1.19. The molecule has 1 saturated heterocycles. The third-order valence-corrected chi connectivity index (χ3v) is 3.53. The topological polar surface area (TPSA) is 39.7 Å². The predicted octanol–water partition coefficient (Wildman–Crippen LogP) is 2.53. The van der Waals surface area contributed by atoms with E-state index in [0.29, 0.717) is 12.6 Å². The van der Waals surface area contributed by atoms with Crippen molar-refractivity contribution in [2.45, 2.75) is 31.9 Å². The van der Waals surface area contributed by atoms with Crippen molar-refractivity contribution in [3.05, 3.63) is 23.8 Å².